The van der Waals surface area contributed by atoms with Crippen molar-refractivity contribution in [2.24, 2.45) is 5.41 Å². The Kier molecular flexibility index (Phi) is 3.20. The molecule has 0 radical (unpaired) electrons. The van der Waals surface area contributed by atoms with Gasteiger partial charge < -0.3 is 10.8 Å². The maximum atomic E-state index is 11.7. The number of nitrogen functional groups attached to an aromatic ring is 1. The first-order chi connectivity index (χ1) is 9.87. The van der Waals surface area contributed by atoms with E-state index in [1.54, 1.807) is 23.7 Å². The number of hydrogen-bond donors (Lipinski definition) is 2. The summed E-state index contributed by atoms with van der Waals surface area (Å²) in [5.41, 5.74) is 7.76. The molecular formula is C15H17N3O2S. The van der Waals surface area contributed by atoms with E-state index in [4.69, 9.17) is 5.73 Å². The molecule has 1 aliphatic rings. The highest BCUT2D eigenvalue weighted by atomic mass is 32.1. The predicted octanol–water partition coefficient (Wildman–Crippen LogP) is 3.00. The third-order valence-corrected chi connectivity index (χ3v) is 5.26. The van der Waals surface area contributed by atoms with Gasteiger partial charge in [0.15, 0.2) is 0 Å². The molecule has 0 saturated carbocycles. The SMILES string of the molecule is CC1(C)CCc2sc(-c3cnc(N)nc3)c(C(=O)O)c2C1. The van der Waals surface area contributed by atoms with E-state index in [1.807, 2.05) is 0 Å². The molecule has 0 unspecified atom stereocenters. The summed E-state index contributed by atoms with van der Waals surface area (Å²) < 4.78 is 0. The summed E-state index contributed by atoms with van der Waals surface area (Å²) in [5.74, 6) is -0.685. The number of thiophene rings is 1. The molecule has 0 amide bonds. The minimum absolute atomic E-state index is 0.146. The second-order valence-electron chi connectivity index (χ2n) is 6.18. The van der Waals surface area contributed by atoms with Crippen molar-refractivity contribution in [3.05, 3.63) is 28.4 Å². The van der Waals surface area contributed by atoms with Gasteiger partial charge in [0.1, 0.15) is 0 Å². The molecule has 6 heteroatoms. The van der Waals surface area contributed by atoms with E-state index in [1.165, 1.54) is 4.88 Å². The standard InChI is InChI=1S/C15H17N3O2S/c1-15(2)4-3-10-9(5-15)11(13(19)20)12(21-10)8-6-17-14(16)18-7-8/h6-7H,3-5H2,1-2H3,(H,19,20)(H2,16,17,18). The van der Waals surface area contributed by atoms with Crippen LogP contribution in [0.25, 0.3) is 10.4 Å². The van der Waals surface area contributed by atoms with Crippen LogP contribution in [0.1, 0.15) is 41.1 Å². The second kappa shape index (κ2) is 4.80. The van der Waals surface area contributed by atoms with E-state index in [9.17, 15) is 9.90 Å². The number of aromatic nitrogens is 2. The van der Waals surface area contributed by atoms with Crippen LogP contribution in [-0.2, 0) is 12.8 Å². The van der Waals surface area contributed by atoms with Gasteiger partial charge in [-0.05, 0) is 30.2 Å². The van der Waals surface area contributed by atoms with E-state index in [0.29, 0.717) is 5.56 Å². The average molecular weight is 303 g/mol. The normalized spacial score (nSPS) is 16.5. The summed E-state index contributed by atoms with van der Waals surface area (Å²) in [6.07, 6.45) is 6.01. The summed E-state index contributed by atoms with van der Waals surface area (Å²) in [7, 11) is 0. The Morgan fingerprint density at radius 1 is 1.38 bits per heavy atom. The number of nitrogens with two attached hydrogens (primary N) is 1. The number of carbonyl (C=O) groups is 1. The highest BCUT2D eigenvalue weighted by molar-refractivity contribution is 7.16. The number of carboxylic acid groups (broad SMARTS) is 1. The molecule has 1 aliphatic carbocycles. The van der Waals surface area contributed by atoms with Crippen LogP contribution < -0.4 is 5.73 Å². The summed E-state index contributed by atoms with van der Waals surface area (Å²) in [4.78, 5) is 21.6. The Hall–Kier alpha value is -1.95. The maximum absolute atomic E-state index is 11.7. The van der Waals surface area contributed by atoms with Crippen LogP contribution in [0.15, 0.2) is 12.4 Å². The van der Waals surface area contributed by atoms with E-state index >= 15 is 0 Å². The highest BCUT2D eigenvalue weighted by Crippen LogP contribution is 2.44. The zero-order chi connectivity index (χ0) is 15.2. The molecule has 0 aromatic carbocycles. The molecule has 0 atom stereocenters. The van der Waals surface area contributed by atoms with Crippen LogP contribution in [0.4, 0.5) is 5.95 Å². The quantitative estimate of drug-likeness (QED) is 0.890. The fourth-order valence-electron chi connectivity index (χ4n) is 2.80. The fourth-order valence-corrected chi connectivity index (χ4v) is 4.09. The number of aromatic carboxylic acids is 1. The Morgan fingerprint density at radius 2 is 2.05 bits per heavy atom. The number of anilines is 1. The van der Waals surface area contributed by atoms with Gasteiger partial charge in [-0.15, -0.1) is 11.3 Å². The third kappa shape index (κ3) is 2.51. The molecule has 0 bridgehead atoms. The molecule has 0 aliphatic heterocycles. The topological polar surface area (TPSA) is 89.1 Å². The third-order valence-electron chi connectivity index (χ3n) is 3.92. The average Bonchev–Trinajstić information content (AvgIpc) is 2.76. The van der Waals surface area contributed by atoms with Gasteiger partial charge in [0.05, 0.1) is 10.4 Å². The lowest BCUT2D eigenvalue weighted by atomic mass is 9.76. The molecule has 5 nitrogen and oxygen atoms in total. The largest absolute Gasteiger partial charge is 0.478 e. The zero-order valence-electron chi connectivity index (χ0n) is 12.0. The molecule has 110 valence electrons. The first-order valence-corrected chi connectivity index (χ1v) is 7.65. The van der Waals surface area contributed by atoms with Crippen molar-refractivity contribution in [2.45, 2.75) is 33.1 Å². The maximum Gasteiger partial charge on any atom is 0.337 e. The lowest BCUT2D eigenvalue weighted by molar-refractivity contribution is 0.0696. The Morgan fingerprint density at radius 3 is 2.67 bits per heavy atom. The molecule has 3 rings (SSSR count). The molecule has 21 heavy (non-hydrogen) atoms. The molecular weight excluding hydrogens is 286 g/mol. The van der Waals surface area contributed by atoms with Crippen molar-refractivity contribution in [1.29, 1.82) is 0 Å². The minimum atomic E-state index is -0.878. The minimum Gasteiger partial charge on any atom is -0.478 e. The van der Waals surface area contributed by atoms with Crippen molar-refractivity contribution in [1.82, 2.24) is 9.97 Å². The first kappa shape index (κ1) is 14.0. The molecule has 0 saturated heterocycles. The molecule has 2 aromatic heterocycles. The fraction of sp³-hybridized carbons (Fsp3) is 0.400. The molecule has 3 N–H and O–H groups in total. The highest BCUT2D eigenvalue weighted by Gasteiger charge is 2.33. The molecule has 2 heterocycles. The molecule has 2 aromatic rings. The van der Waals surface area contributed by atoms with Crippen molar-refractivity contribution in [3.63, 3.8) is 0 Å². The van der Waals surface area contributed by atoms with Crippen molar-refractivity contribution < 1.29 is 9.90 Å². The number of carboxylic acids is 1. The van der Waals surface area contributed by atoms with E-state index in [-0.39, 0.29) is 11.4 Å². The van der Waals surface area contributed by atoms with E-state index in [2.05, 4.69) is 23.8 Å². The van der Waals surface area contributed by atoms with Gasteiger partial charge in [0, 0.05) is 22.8 Å². The smallest absolute Gasteiger partial charge is 0.337 e. The number of rotatable bonds is 2. The first-order valence-electron chi connectivity index (χ1n) is 6.83. The molecule has 0 fully saturated rings. The second-order valence-corrected chi connectivity index (χ2v) is 7.29. The van der Waals surface area contributed by atoms with Crippen LogP contribution in [-0.4, -0.2) is 21.0 Å². The van der Waals surface area contributed by atoms with Gasteiger partial charge in [-0.1, -0.05) is 13.8 Å². The van der Waals surface area contributed by atoms with Crippen molar-refractivity contribution >= 4 is 23.3 Å². The Labute approximate surface area is 126 Å². The summed E-state index contributed by atoms with van der Waals surface area (Å²) in [6.45, 7) is 4.37. The Balaban J connectivity index is 2.16. The lowest BCUT2D eigenvalue weighted by Gasteiger charge is -2.29. The van der Waals surface area contributed by atoms with E-state index in [0.717, 1.165) is 35.3 Å². The zero-order valence-corrected chi connectivity index (χ0v) is 12.8. The van der Waals surface area contributed by atoms with Crippen LogP contribution >= 0.6 is 11.3 Å². The summed E-state index contributed by atoms with van der Waals surface area (Å²) in [6, 6.07) is 0. The van der Waals surface area contributed by atoms with Crippen molar-refractivity contribution in [3.8, 4) is 10.4 Å². The predicted molar refractivity (Wildman–Crippen MR) is 82.5 cm³/mol. The van der Waals surface area contributed by atoms with Gasteiger partial charge in [-0.2, -0.15) is 0 Å². The van der Waals surface area contributed by atoms with Gasteiger partial charge in [0.25, 0.3) is 0 Å². The number of nitrogens with zero attached hydrogens (tertiary/aromatic N) is 2. The summed E-state index contributed by atoms with van der Waals surface area (Å²) in [5, 5.41) is 9.64. The monoisotopic (exact) mass is 303 g/mol. The van der Waals surface area contributed by atoms with Crippen LogP contribution in [0.2, 0.25) is 0 Å². The van der Waals surface area contributed by atoms with Crippen LogP contribution in [0.5, 0.6) is 0 Å². The summed E-state index contributed by atoms with van der Waals surface area (Å²) >= 11 is 1.55. The molecule has 0 spiro atoms. The van der Waals surface area contributed by atoms with Gasteiger partial charge in [-0.25, -0.2) is 14.8 Å². The number of hydrogen-bond acceptors (Lipinski definition) is 5. The van der Waals surface area contributed by atoms with Crippen LogP contribution in [0.3, 0.4) is 0 Å². The van der Waals surface area contributed by atoms with Crippen LogP contribution in [0, 0.1) is 5.41 Å². The lowest BCUT2D eigenvalue weighted by Crippen LogP contribution is -2.22. The van der Waals surface area contributed by atoms with Gasteiger partial charge >= 0.3 is 5.97 Å². The van der Waals surface area contributed by atoms with Gasteiger partial charge in [-0.3, -0.25) is 0 Å². The Bertz CT molecular complexity index is 704. The number of aryl methyl sites for hydroxylation is 1. The van der Waals surface area contributed by atoms with Crippen molar-refractivity contribution in [2.75, 3.05) is 5.73 Å². The van der Waals surface area contributed by atoms with Gasteiger partial charge in [0.2, 0.25) is 5.95 Å². The number of fused-ring (bicyclic) bond motifs is 1. The van der Waals surface area contributed by atoms with E-state index < -0.39 is 5.97 Å².